The van der Waals surface area contributed by atoms with Crippen molar-refractivity contribution in [3.05, 3.63) is 60.2 Å². The molecule has 0 radical (unpaired) electrons. The highest BCUT2D eigenvalue weighted by atomic mass is 16.6. The number of carbonyl (C=O) groups excluding carboxylic acids is 2. The van der Waals surface area contributed by atoms with E-state index in [0.29, 0.717) is 12.8 Å². The van der Waals surface area contributed by atoms with Crippen molar-refractivity contribution in [1.29, 1.82) is 0 Å². The first kappa shape index (κ1) is 15.8. The molecule has 4 heteroatoms. The highest BCUT2D eigenvalue weighted by molar-refractivity contribution is 5.75. The third-order valence-electron chi connectivity index (χ3n) is 3.02. The van der Waals surface area contributed by atoms with Gasteiger partial charge in [0, 0.05) is 13.3 Å². The van der Waals surface area contributed by atoms with Gasteiger partial charge in [-0.25, -0.2) is 0 Å². The molecule has 0 bridgehead atoms. The van der Waals surface area contributed by atoms with E-state index in [4.69, 9.17) is 9.47 Å². The molecule has 2 aromatic rings. The number of para-hydroxylation sites is 2. The predicted molar refractivity (Wildman–Crippen MR) is 82.8 cm³/mol. The Morgan fingerprint density at radius 2 is 1.45 bits per heavy atom. The molecule has 0 aliphatic carbocycles. The van der Waals surface area contributed by atoms with Crippen LogP contribution in [0.5, 0.6) is 11.5 Å². The monoisotopic (exact) mass is 298 g/mol. The first-order chi connectivity index (χ1) is 10.6. The summed E-state index contributed by atoms with van der Waals surface area (Å²) in [5.41, 5.74) is 1.19. The highest BCUT2D eigenvalue weighted by Gasteiger charge is 2.11. The lowest BCUT2D eigenvalue weighted by Crippen LogP contribution is -2.10. The van der Waals surface area contributed by atoms with Gasteiger partial charge in [0.25, 0.3) is 0 Å². The molecule has 0 aliphatic rings. The average molecular weight is 298 g/mol. The third-order valence-corrected chi connectivity index (χ3v) is 3.02. The van der Waals surface area contributed by atoms with Crippen molar-refractivity contribution < 1.29 is 19.1 Å². The summed E-state index contributed by atoms with van der Waals surface area (Å²) >= 11 is 0. The molecule has 0 aromatic heterocycles. The van der Waals surface area contributed by atoms with E-state index in [1.807, 2.05) is 30.3 Å². The van der Waals surface area contributed by atoms with Crippen LogP contribution in [-0.4, -0.2) is 11.9 Å². The van der Waals surface area contributed by atoms with Crippen molar-refractivity contribution in [1.82, 2.24) is 0 Å². The van der Waals surface area contributed by atoms with E-state index in [1.165, 1.54) is 12.5 Å². The smallest absolute Gasteiger partial charge is 0.311 e. The zero-order chi connectivity index (χ0) is 15.8. The Labute approximate surface area is 129 Å². The molecule has 0 spiro atoms. The van der Waals surface area contributed by atoms with Crippen LogP contribution in [0.4, 0.5) is 0 Å². The first-order valence-electron chi connectivity index (χ1n) is 7.17. The van der Waals surface area contributed by atoms with Gasteiger partial charge in [0.05, 0.1) is 0 Å². The lowest BCUT2D eigenvalue weighted by Gasteiger charge is -2.09. The number of benzene rings is 2. The quantitative estimate of drug-likeness (QED) is 0.604. The predicted octanol–water partition coefficient (Wildman–Crippen LogP) is 3.54. The molecular formula is C18H18O4. The number of rotatable bonds is 6. The highest BCUT2D eigenvalue weighted by Crippen LogP contribution is 2.27. The zero-order valence-electron chi connectivity index (χ0n) is 12.5. The fraction of sp³-hybridized carbons (Fsp3) is 0.222. The minimum atomic E-state index is -0.451. The second-order valence-corrected chi connectivity index (χ2v) is 4.85. The second kappa shape index (κ2) is 7.98. The van der Waals surface area contributed by atoms with Crippen molar-refractivity contribution in [2.45, 2.75) is 26.2 Å². The fourth-order valence-electron chi connectivity index (χ4n) is 2.03. The summed E-state index contributed by atoms with van der Waals surface area (Å²) in [6, 6.07) is 16.6. The van der Waals surface area contributed by atoms with Crippen LogP contribution in [-0.2, 0) is 16.0 Å². The Morgan fingerprint density at radius 1 is 0.864 bits per heavy atom. The van der Waals surface area contributed by atoms with Gasteiger partial charge in [0.1, 0.15) is 0 Å². The van der Waals surface area contributed by atoms with Crippen molar-refractivity contribution in [3.8, 4) is 11.5 Å². The zero-order valence-corrected chi connectivity index (χ0v) is 12.5. The molecule has 2 rings (SSSR count). The van der Waals surface area contributed by atoms with Crippen LogP contribution >= 0.6 is 0 Å². The van der Waals surface area contributed by atoms with Crippen LogP contribution in [0.25, 0.3) is 0 Å². The molecule has 4 nitrogen and oxygen atoms in total. The molecular weight excluding hydrogens is 280 g/mol. The van der Waals surface area contributed by atoms with Gasteiger partial charge in [-0.05, 0) is 30.5 Å². The van der Waals surface area contributed by atoms with Crippen molar-refractivity contribution in [2.24, 2.45) is 0 Å². The molecule has 0 saturated carbocycles. The minimum Gasteiger partial charge on any atom is -0.423 e. The van der Waals surface area contributed by atoms with E-state index in [-0.39, 0.29) is 17.5 Å². The van der Waals surface area contributed by atoms with Crippen LogP contribution in [0, 0.1) is 0 Å². The second-order valence-electron chi connectivity index (χ2n) is 4.85. The lowest BCUT2D eigenvalue weighted by atomic mass is 10.1. The lowest BCUT2D eigenvalue weighted by molar-refractivity contribution is -0.136. The number of esters is 2. The molecule has 0 heterocycles. The van der Waals surface area contributed by atoms with Crippen LogP contribution < -0.4 is 9.47 Å². The van der Waals surface area contributed by atoms with Crippen LogP contribution in [0.1, 0.15) is 25.3 Å². The molecule has 0 unspecified atom stereocenters. The Morgan fingerprint density at radius 3 is 2.09 bits per heavy atom. The molecule has 0 aliphatic heterocycles. The largest absolute Gasteiger partial charge is 0.423 e. The van der Waals surface area contributed by atoms with Gasteiger partial charge in [0.15, 0.2) is 11.5 Å². The van der Waals surface area contributed by atoms with E-state index in [1.54, 1.807) is 24.3 Å². The van der Waals surface area contributed by atoms with Crippen molar-refractivity contribution in [2.75, 3.05) is 0 Å². The molecule has 0 atom stereocenters. The summed E-state index contributed by atoms with van der Waals surface area (Å²) in [5, 5.41) is 0. The summed E-state index contributed by atoms with van der Waals surface area (Å²) in [7, 11) is 0. The van der Waals surface area contributed by atoms with E-state index in [0.717, 1.165) is 6.42 Å². The van der Waals surface area contributed by atoms with Gasteiger partial charge in [0.2, 0.25) is 0 Å². The maximum absolute atomic E-state index is 11.9. The van der Waals surface area contributed by atoms with Crippen LogP contribution in [0.15, 0.2) is 54.6 Å². The van der Waals surface area contributed by atoms with E-state index < -0.39 is 5.97 Å². The summed E-state index contributed by atoms with van der Waals surface area (Å²) < 4.78 is 10.3. The number of ether oxygens (including phenoxy) is 2. The van der Waals surface area contributed by atoms with Gasteiger partial charge in [-0.2, -0.15) is 0 Å². The maximum Gasteiger partial charge on any atom is 0.311 e. The third kappa shape index (κ3) is 5.05. The van der Waals surface area contributed by atoms with Gasteiger partial charge in [-0.1, -0.05) is 42.5 Å². The van der Waals surface area contributed by atoms with Gasteiger partial charge in [-0.3, -0.25) is 9.59 Å². The normalized spacial score (nSPS) is 10.0. The maximum atomic E-state index is 11.9. The van der Waals surface area contributed by atoms with Gasteiger partial charge >= 0.3 is 11.9 Å². The summed E-state index contributed by atoms with van der Waals surface area (Å²) in [4.78, 5) is 22.9. The SMILES string of the molecule is CC(=O)Oc1ccccc1OC(=O)CCCc1ccccc1. The summed E-state index contributed by atoms with van der Waals surface area (Å²) in [6.45, 7) is 1.30. The fourth-order valence-corrected chi connectivity index (χ4v) is 2.03. The van der Waals surface area contributed by atoms with Crippen LogP contribution in [0.2, 0.25) is 0 Å². The molecule has 0 fully saturated rings. The minimum absolute atomic E-state index is 0.256. The Balaban J connectivity index is 1.85. The van der Waals surface area contributed by atoms with Crippen molar-refractivity contribution >= 4 is 11.9 Å². The summed E-state index contributed by atoms with van der Waals surface area (Å²) in [6.07, 6.45) is 1.84. The number of hydrogen-bond donors (Lipinski definition) is 0. The average Bonchev–Trinajstić information content (AvgIpc) is 2.50. The first-order valence-corrected chi connectivity index (χ1v) is 7.17. The number of carbonyl (C=O) groups is 2. The standard InChI is InChI=1S/C18H18O4/c1-14(19)21-16-11-5-6-12-17(16)22-18(20)13-7-10-15-8-3-2-4-9-15/h2-6,8-9,11-12H,7,10,13H2,1H3. The van der Waals surface area contributed by atoms with Gasteiger partial charge in [-0.15, -0.1) is 0 Å². The Bertz CT molecular complexity index is 635. The Kier molecular flexibility index (Phi) is 5.72. The Hall–Kier alpha value is -2.62. The van der Waals surface area contributed by atoms with Gasteiger partial charge < -0.3 is 9.47 Å². The van der Waals surface area contributed by atoms with E-state index in [9.17, 15) is 9.59 Å². The molecule has 0 N–H and O–H groups in total. The molecule has 0 amide bonds. The number of hydrogen-bond acceptors (Lipinski definition) is 4. The van der Waals surface area contributed by atoms with E-state index >= 15 is 0 Å². The molecule has 114 valence electrons. The van der Waals surface area contributed by atoms with Crippen LogP contribution in [0.3, 0.4) is 0 Å². The summed E-state index contributed by atoms with van der Waals surface area (Å²) in [5.74, 6) is -0.267. The molecule has 0 saturated heterocycles. The van der Waals surface area contributed by atoms with E-state index in [2.05, 4.69) is 0 Å². The topological polar surface area (TPSA) is 52.6 Å². The van der Waals surface area contributed by atoms with Crippen molar-refractivity contribution in [3.63, 3.8) is 0 Å². The number of aryl methyl sites for hydroxylation is 1. The molecule has 22 heavy (non-hydrogen) atoms. The molecule has 2 aromatic carbocycles.